The summed E-state index contributed by atoms with van der Waals surface area (Å²) < 4.78 is 0. The number of phenolic OH excluding ortho intramolecular Hbond substituents is 1. The summed E-state index contributed by atoms with van der Waals surface area (Å²) in [5, 5.41) is 45.0. The largest absolute Gasteiger partial charge is 0.508 e. The average molecular weight is 1110 g/mol. The van der Waals surface area contributed by atoms with E-state index in [1.165, 1.54) is 48.6 Å². The number of nitrogens with zero attached hydrogens (tertiary/aromatic N) is 2. The van der Waals surface area contributed by atoms with Gasteiger partial charge in [-0.1, -0.05) is 70.2 Å². The van der Waals surface area contributed by atoms with Crippen LogP contribution in [0.15, 0.2) is 67.1 Å². The van der Waals surface area contributed by atoms with Crippen molar-refractivity contribution in [1.82, 2.24) is 68.0 Å². The number of carbonyl (C=O) groups is 12. The first-order chi connectivity index (χ1) is 38.0. The third-order valence-corrected chi connectivity index (χ3v) is 13.2. The number of carboxylic acids is 1. The van der Waals surface area contributed by atoms with Crippen LogP contribution in [-0.2, 0) is 76.8 Å². The fourth-order valence-electron chi connectivity index (χ4n) is 8.79. The molecule has 2 fully saturated rings. The number of fused-ring (bicyclic) bond motifs is 1. The van der Waals surface area contributed by atoms with Gasteiger partial charge in [-0.25, -0.2) is 4.98 Å². The van der Waals surface area contributed by atoms with E-state index in [1.807, 2.05) is 0 Å². The lowest BCUT2D eigenvalue weighted by Crippen LogP contribution is -2.61. The highest BCUT2D eigenvalue weighted by molar-refractivity contribution is 5.99. The summed E-state index contributed by atoms with van der Waals surface area (Å²) in [7, 11) is 0. The smallest absolute Gasteiger partial charge is 0.303 e. The summed E-state index contributed by atoms with van der Waals surface area (Å²) in [5.74, 6) is -11.8. The van der Waals surface area contributed by atoms with Gasteiger partial charge in [0.15, 0.2) is 0 Å². The quantitative estimate of drug-likeness (QED) is 0.0916. The Morgan fingerprint density at radius 1 is 0.588 bits per heavy atom. The standard InChI is InChI=1S/C53H71N13O14/c1-28(2)44-52(79)57-24-40(68)55-25-41(69)59-30(5)46(73)56-26-42(70)60-38(22-33-23-54-27-58-33)50(77)65-45(29(3)4)53(80)66-19-9-12-39(66)51(78)61-35(17-18-43(71)72)47(74)62-36(21-32-13-15-34(67)16-14-32)48(75)63-37(49(76)64-44)20-31-10-7-6-8-11-31/h6-8,10-11,13-16,23,27-30,35-39,44-45,67H,9,12,17-22,24-26H2,1-5H3,(H,54,58)(H,55,68)(H,56,73)(H,57,79)(H,59,69)(H,60,70)(H,61,78)(H,62,74)(H,63,75)(H,64,76)(H,65,77)(H,71,72)/t30-,35-,36-,37-,38-,39-,44-,45-/m0/s1. The summed E-state index contributed by atoms with van der Waals surface area (Å²) in [6.07, 6.45) is 1.51. The van der Waals surface area contributed by atoms with Crippen molar-refractivity contribution in [1.29, 1.82) is 0 Å². The van der Waals surface area contributed by atoms with Crippen LogP contribution in [0.4, 0.5) is 0 Å². The molecule has 0 radical (unpaired) electrons. The van der Waals surface area contributed by atoms with E-state index in [9.17, 15) is 67.7 Å². The number of hydrogen-bond acceptors (Lipinski definition) is 14. The number of aromatic amines is 1. The number of H-pyrrole nitrogens is 1. The minimum atomic E-state index is -1.61. The second kappa shape index (κ2) is 29.7. The number of phenols is 1. The van der Waals surface area contributed by atoms with Crippen molar-refractivity contribution in [3.05, 3.63) is 83.9 Å². The second-order valence-corrected chi connectivity index (χ2v) is 20.2. The highest BCUT2D eigenvalue weighted by Crippen LogP contribution is 2.22. The van der Waals surface area contributed by atoms with Crippen LogP contribution >= 0.6 is 0 Å². The van der Waals surface area contributed by atoms with Gasteiger partial charge in [-0.15, -0.1) is 0 Å². The number of aliphatic carboxylic acids is 1. The predicted octanol–water partition coefficient (Wildman–Crippen LogP) is -2.91. The van der Waals surface area contributed by atoms with Gasteiger partial charge in [0.2, 0.25) is 65.0 Å². The number of carboxylic acid groups (broad SMARTS) is 1. The number of aromatic hydroxyl groups is 1. The highest BCUT2D eigenvalue weighted by atomic mass is 16.4. The molecule has 2 aliphatic heterocycles. The molecule has 1 aromatic heterocycles. The van der Waals surface area contributed by atoms with E-state index in [0.29, 0.717) is 23.2 Å². The van der Waals surface area contributed by atoms with Crippen LogP contribution in [0.2, 0.25) is 0 Å². The van der Waals surface area contributed by atoms with E-state index >= 15 is 0 Å². The van der Waals surface area contributed by atoms with Crippen molar-refractivity contribution in [3.63, 3.8) is 0 Å². The molecule has 3 heterocycles. The van der Waals surface area contributed by atoms with Gasteiger partial charge < -0.3 is 73.3 Å². The zero-order valence-electron chi connectivity index (χ0n) is 45.1. The first-order valence-corrected chi connectivity index (χ1v) is 26.2. The van der Waals surface area contributed by atoms with Crippen LogP contribution in [0.25, 0.3) is 0 Å². The molecule has 2 saturated heterocycles. The molecule has 27 nitrogen and oxygen atoms in total. The van der Waals surface area contributed by atoms with Gasteiger partial charge in [-0.05, 0) is 61.3 Å². The Kier molecular flexibility index (Phi) is 23.0. The maximum Gasteiger partial charge on any atom is 0.303 e. The van der Waals surface area contributed by atoms with Crippen molar-refractivity contribution < 1.29 is 67.7 Å². The molecule has 0 bridgehead atoms. The molecule has 3 aromatic rings. The van der Waals surface area contributed by atoms with Gasteiger partial charge >= 0.3 is 5.97 Å². The van der Waals surface area contributed by atoms with Crippen LogP contribution in [0, 0.1) is 11.8 Å². The maximum atomic E-state index is 14.6. The monoisotopic (exact) mass is 1110 g/mol. The molecule has 5 rings (SSSR count). The first-order valence-electron chi connectivity index (χ1n) is 26.2. The number of amides is 11. The van der Waals surface area contributed by atoms with Gasteiger partial charge in [0.05, 0.1) is 26.0 Å². The summed E-state index contributed by atoms with van der Waals surface area (Å²) in [6, 6.07) is 3.20. The summed E-state index contributed by atoms with van der Waals surface area (Å²) in [5.41, 5.74) is 1.41. The molecule has 2 aliphatic rings. The van der Waals surface area contributed by atoms with Crippen molar-refractivity contribution in [2.75, 3.05) is 26.2 Å². The zero-order valence-corrected chi connectivity index (χ0v) is 45.1. The topological polar surface area (TPSA) is 398 Å². The fourth-order valence-corrected chi connectivity index (χ4v) is 8.79. The molecule has 0 aliphatic carbocycles. The summed E-state index contributed by atoms with van der Waals surface area (Å²) >= 11 is 0. The third kappa shape index (κ3) is 18.9. The summed E-state index contributed by atoms with van der Waals surface area (Å²) in [6.45, 7) is 5.92. The van der Waals surface area contributed by atoms with Gasteiger partial charge in [0, 0.05) is 44.1 Å². The van der Waals surface area contributed by atoms with Gasteiger partial charge in [-0.2, -0.15) is 0 Å². The van der Waals surface area contributed by atoms with Gasteiger partial charge in [-0.3, -0.25) is 57.5 Å². The lowest BCUT2D eigenvalue weighted by atomic mass is 9.99. The molecule has 8 atom stereocenters. The highest BCUT2D eigenvalue weighted by Gasteiger charge is 2.41. The van der Waals surface area contributed by atoms with Crippen molar-refractivity contribution in [2.45, 2.75) is 128 Å². The molecule has 27 heteroatoms. The molecule has 0 unspecified atom stereocenters. The molecule has 432 valence electrons. The SMILES string of the molecule is CC(C)[C@@H]1NC(=O)[C@H](Cc2ccccc2)NC(=O)[C@H](Cc2ccc(O)cc2)NC(=O)[C@H](CCC(=O)O)NC(=O)[C@@H]2CCCN2C(=O)[C@H](C(C)C)NC(=O)[C@H](Cc2cnc[nH]2)NC(=O)CNC(=O)[C@H](C)NC(=O)CNC(=O)CNC1=O. The van der Waals surface area contributed by atoms with Crippen molar-refractivity contribution >= 4 is 70.9 Å². The fraction of sp³-hybridized carbons (Fsp3) is 0.491. The Balaban J connectivity index is 1.50. The van der Waals surface area contributed by atoms with Crippen LogP contribution in [0.3, 0.4) is 0 Å². The zero-order chi connectivity index (χ0) is 58.6. The Labute approximate surface area is 461 Å². The Hall–Kier alpha value is -8.91. The molecule has 0 spiro atoms. The normalized spacial score (nSPS) is 24.4. The molecule has 11 amide bonds. The molecule has 0 saturated carbocycles. The molecule has 13 N–H and O–H groups in total. The second-order valence-electron chi connectivity index (χ2n) is 20.2. The first kappa shape index (κ1) is 61.9. The van der Waals surface area contributed by atoms with E-state index in [0.717, 1.165) is 0 Å². The lowest BCUT2D eigenvalue weighted by Gasteiger charge is -2.32. The van der Waals surface area contributed by atoms with Crippen LogP contribution < -0.4 is 53.2 Å². The van der Waals surface area contributed by atoms with E-state index in [-0.39, 0.29) is 38.0 Å². The van der Waals surface area contributed by atoms with E-state index < -0.39 is 164 Å². The molecule has 80 heavy (non-hydrogen) atoms. The number of rotatable bonds is 11. The number of hydrogen-bond donors (Lipinski definition) is 13. The molecular formula is C53H71N13O14. The number of carbonyl (C=O) groups excluding carboxylic acids is 11. The maximum absolute atomic E-state index is 14.6. The van der Waals surface area contributed by atoms with E-state index in [1.54, 1.807) is 58.0 Å². The molecule has 2 aromatic carbocycles. The predicted molar refractivity (Wildman–Crippen MR) is 284 cm³/mol. The van der Waals surface area contributed by atoms with Crippen molar-refractivity contribution in [2.24, 2.45) is 11.8 Å². The van der Waals surface area contributed by atoms with Crippen LogP contribution in [-0.4, -0.2) is 171 Å². The number of imidazole rings is 1. The third-order valence-electron chi connectivity index (χ3n) is 13.2. The number of aromatic nitrogens is 2. The van der Waals surface area contributed by atoms with E-state index in [4.69, 9.17) is 0 Å². The van der Waals surface area contributed by atoms with E-state index in [2.05, 4.69) is 63.1 Å². The summed E-state index contributed by atoms with van der Waals surface area (Å²) in [4.78, 5) is 172. The van der Waals surface area contributed by atoms with Crippen LogP contribution in [0.5, 0.6) is 5.75 Å². The van der Waals surface area contributed by atoms with Gasteiger partial charge in [0.25, 0.3) is 0 Å². The molecular weight excluding hydrogens is 1040 g/mol. The van der Waals surface area contributed by atoms with Gasteiger partial charge in [0.1, 0.15) is 54.1 Å². The Bertz CT molecular complexity index is 2710. The minimum Gasteiger partial charge on any atom is -0.508 e. The van der Waals surface area contributed by atoms with Crippen LogP contribution in [0.1, 0.15) is 77.1 Å². The minimum absolute atomic E-state index is 0.0404. The lowest BCUT2D eigenvalue weighted by molar-refractivity contribution is -0.143. The Morgan fingerprint density at radius 2 is 1.11 bits per heavy atom. The van der Waals surface area contributed by atoms with Crippen molar-refractivity contribution in [3.8, 4) is 5.75 Å². The number of benzene rings is 2. The average Bonchev–Trinajstić information content (AvgIpc) is 4.14. The number of nitrogens with one attached hydrogen (secondary N) is 11. The Morgan fingerprint density at radius 3 is 1.71 bits per heavy atom.